The summed E-state index contributed by atoms with van der Waals surface area (Å²) in [5.41, 5.74) is 0. The second kappa shape index (κ2) is 6.19. The van der Waals surface area contributed by atoms with E-state index >= 15 is 0 Å². The summed E-state index contributed by atoms with van der Waals surface area (Å²) in [4.78, 5) is 1.16. The van der Waals surface area contributed by atoms with E-state index < -0.39 is 0 Å². The van der Waals surface area contributed by atoms with Crippen molar-refractivity contribution < 1.29 is 9.84 Å². The SMILES string of the molecule is OCC(COc1cccc(Br)c1)c1cccs1. The fourth-order valence-electron chi connectivity index (χ4n) is 1.50. The summed E-state index contributed by atoms with van der Waals surface area (Å²) in [6.45, 7) is 0.599. The third-order valence-electron chi connectivity index (χ3n) is 2.41. The Morgan fingerprint density at radius 2 is 2.18 bits per heavy atom. The molecule has 0 aliphatic carbocycles. The van der Waals surface area contributed by atoms with E-state index in [0.29, 0.717) is 6.61 Å². The van der Waals surface area contributed by atoms with Crippen molar-refractivity contribution >= 4 is 27.3 Å². The van der Waals surface area contributed by atoms with Gasteiger partial charge in [0.15, 0.2) is 0 Å². The second-order valence-electron chi connectivity index (χ2n) is 3.66. The van der Waals surface area contributed by atoms with Gasteiger partial charge < -0.3 is 9.84 Å². The number of aliphatic hydroxyl groups excluding tert-OH is 1. The van der Waals surface area contributed by atoms with E-state index in [1.54, 1.807) is 11.3 Å². The van der Waals surface area contributed by atoms with Crippen molar-refractivity contribution in [1.82, 2.24) is 0 Å². The molecule has 0 amide bonds. The number of halogens is 1. The smallest absolute Gasteiger partial charge is 0.120 e. The van der Waals surface area contributed by atoms with E-state index in [9.17, 15) is 5.11 Å². The van der Waals surface area contributed by atoms with Gasteiger partial charge in [0.05, 0.1) is 19.1 Å². The van der Waals surface area contributed by atoms with Gasteiger partial charge in [0.25, 0.3) is 0 Å². The molecule has 1 aromatic heterocycles. The van der Waals surface area contributed by atoms with Gasteiger partial charge in [-0.2, -0.15) is 0 Å². The Balaban J connectivity index is 1.97. The molecule has 90 valence electrons. The second-order valence-corrected chi connectivity index (χ2v) is 5.56. The highest BCUT2D eigenvalue weighted by Gasteiger charge is 2.12. The molecule has 1 unspecified atom stereocenters. The molecule has 1 atom stereocenters. The zero-order valence-corrected chi connectivity index (χ0v) is 11.6. The Morgan fingerprint density at radius 1 is 1.29 bits per heavy atom. The van der Waals surface area contributed by atoms with Gasteiger partial charge in [-0.05, 0) is 29.6 Å². The van der Waals surface area contributed by atoms with Crippen LogP contribution in [-0.2, 0) is 0 Å². The van der Waals surface area contributed by atoms with Gasteiger partial charge in [-0.3, -0.25) is 0 Å². The maximum Gasteiger partial charge on any atom is 0.120 e. The molecule has 0 aliphatic heterocycles. The van der Waals surface area contributed by atoms with Gasteiger partial charge in [0.1, 0.15) is 5.75 Å². The molecule has 0 spiro atoms. The van der Waals surface area contributed by atoms with Crippen LogP contribution >= 0.6 is 27.3 Å². The molecule has 2 aromatic rings. The number of hydrogen-bond acceptors (Lipinski definition) is 3. The third-order valence-corrected chi connectivity index (χ3v) is 3.94. The fourth-order valence-corrected chi connectivity index (χ4v) is 2.69. The molecule has 0 fully saturated rings. The standard InChI is InChI=1S/C13H13BrO2S/c14-11-3-1-4-12(7-11)16-9-10(8-15)13-5-2-6-17-13/h1-7,10,15H,8-9H2. The molecule has 2 nitrogen and oxygen atoms in total. The summed E-state index contributed by atoms with van der Waals surface area (Å²) >= 11 is 5.04. The number of aliphatic hydroxyl groups is 1. The van der Waals surface area contributed by atoms with Crippen molar-refractivity contribution in [2.24, 2.45) is 0 Å². The zero-order chi connectivity index (χ0) is 12.1. The molecule has 1 N–H and O–H groups in total. The number of ether oxygens (including phenoxy) is 1. The summed E-state index contributed by atoms with van der Waals surface area (Å²) in [6, 6.07) is 11.7. The lowest BCUT2D eigenvalue weighted by Gasteiger charge is -2.13. The lowest BCUT2D eigenvalue weighted by atomic mass is 10.1. The van der Waals surface area contributed by atoms with Crippen LogP contribution in [0.2, 0.25) is 0 Å². The largest absolute Gasteiger partial charge is 0.493 e. The maximum absolute atomic E-state index is 9.35. The van der Waals surface area contributed by atoms with Crippen molar-refractivity contribution in [3.8, 4) is 5.75 Å². The predicted molar refractivity (Wildman–Crippen MR) is 73.8 cm³/mol. The number of benzene rings is 1. The van der Waals surface area contributed by atoms with Crippen LogP contribution in [0.3, 0.4) is 0 Å². The Morgan fingerprint density at radius 3 is 2.82 bits per heavy atom. The van der Waals surface area contributed by atoms with Gasteiger partial charge in [-0.15, -0.1) is 11.3 Å². The van der Waals surface area contributed by atoms with Crippen LogP contribution in [0.1, 0.15) is 10.8 Å². The van der Waals surface area contributed by atoms with E-state index in [0.717, 1.165) is 15.1 Å². The van der Waals surface area contributed by atoms with Crippen LogP contribution in [0.15, 0.2) is 46.3 Å². The van der Waals surface area contributed by atoms with Crippen molar-refractivity contribution in [2.75, 3.05) is 13.2 Å². The molecule has 0 saturated heterocycles. The normalized spacial score (nSPS) is 12.4. The first kappa shape index (κ1) is 12.6. The summed E-state index contributed by atoms with van der Waals surface area (Å²) < 4.78 is 6.67. The molecule has 0 saturated carbocycles. The highest BCUT2D eigenvalue weighted by Crippen LogP contribution is 2.23. The van der Waals surface area contributed by atoms with Crippen LogP contribution in [0.4, 0.5) is 0 Å². The fraction of sp³-hybridized carbons (Fsp3) is 0.231. The Hall–Kier alpha value is -0.840. The first-order valence-corrected chi connectivity index (χ1v) is 6.99. The average molecular weight is 313 g/mol. The van der Waals surface area contributed by atoms with E-state index in [2.05, 4.69) is 15.9 Å². The Bertz CT molecular complexity index is 456. The van der Waals surface area contributed by atoms with Crippen molar-refractivity contribution in [1.29, 1.82) is 0 Å². The minimum Gasteiger partial charge on any atom is -0.493 e. The van der Waals surface area contributed by atoms with E-state index in [1.165, 1.54) is 0 Å². The average Bonchev–Trinajstić information content (AvgIpc) is 2.84. The lowest BCUT2D eigenvalue weighted by molar-refractivity contribution is 0.207. The zero-order valence-electron chi connectivity index (χ0n) is 9.17. The van der Waals surface area contributed by atoms with Gasteiger partial charge in [0, 0.05) is 9.35 Å². The van der Waals surface area contributed by atoms with Crippen LogP contribution < -0.4 is 4.74 Å². The molecule has 2 rings (SSSR count). The van der Waals surface area contributed by atoms with Crippen LogP contribution in [-0.4, -0.2) is 18.3 Å². The van der Waals surface area contributed by atoms with Gasteiger partial charge in [-0.1, -0.05) is 28.1 Å². The molecule has 1 aromatic carbocycles. The first-order chi connectivity index (χ1) is 8.29. The third kappa shape index (κ3) is 3.56. The van der Waals surface area contributed by atoms with Crippen LogP contribution in [0.25, 0.3) is 0 Å². The molecule has 1 heterocycles. The Kier molecular flexibility index (Phi) is 4.59. The Labute approximate surface area is 113 Å². The topological polar surface area (TPSA) is 29.5 Å². The van der Waals surface area contributed by atoms with E-state index in [1.807, 2.05) is 41.8 Å². The molecule has 0 radical (unpaired) electrons. The highest BCUT2D eigenvalue weighted by atomic mass is 79.9. The predicted octanol–water partition coefficient (Wildman–Crippen LogP) is 3.67. The summed E-state index contributed by atoms with van der Waals surface area (Å²) in [7, 11) is 0. The molecule has 0 aliphatic rings. The number of hydrogen-bond donors (Lipinski definition) is 1. The van der Waals surface area contributed by atoms with Gasteiger partial charge >= 0.3 is 0 Å². The highest BCUT2D eigenvalue weighted by molar-refractivity contribution is 9.10. The summed E-state index contributed by atoms with van der Waals surface area (Å²) in [6.07, 6.45) is 0. The molecular weight excluding hydrogens is 300 g/mol. The summed E-state index contributed by atoms with van der Waals surface area (Å²) in [5, 5.41) is 11.4. The number of rotatable bonds is 5. The lowest BCUT2D eigenvalue weighted by Crippen LogP contribution is -2.12. The van der Waals surface area contributed by atoms with Crippen molar-refractivity contribution in [3.63, 3.8) is 0 Å². The van der Waals surface area contributed by atoms with Gasteiger partial charge in [-0.25, -0.2) is 0 Å². The quantitative estimate of drug-likeness (QED) is 0.913. The minimum atomic E-state index is 0.0500. The van der Waals surface area contributed by atoms with E-state index in [-0.39, 0.29) is 12.5 Å². The summed E-state index contributed by atoms with van der Waals surface area (Å²) in [5.74, 6) is 0.864. The van der Waals surface area contributed by atoms with Crippen molar-refractivity contribution in [2.45, 2.75) is 5.92 Å². The van der Waals surface area contributed by atoms with Gasteiger partial charge in [0.2, 0.25) is 0 Å². The molecule has 4 heteroatoms. The molecule has 17 heavy (non-hydrogen) atoms. The number of thiophene rings is 1. The monoisotopic (exact) mass is 312 g/mol. The van der Waals surface area contributed by atoms with Crippen molar-refractivity contribution in [3.05, 3.63) is 51.1 Å². The molecular formula is C13H13BrO2S. The van der Waals surface area contributed by atoms with Crippen LogP contribution in [0, 0.1) is 0 Å². The van der Waals surface area contributed by atoms with E-state index in [4.69, 9.17) is 4.74 Å². The first-order valence-electron chi connectivity index (χ1n) is 5.32. The van der Waals surface area contributed by atoms with Crippen LogP contribution in [0.5, 0.6) is 5.75 Å². The molecule has 0 bridgehead atoms. The maximum atomic E-state index is 9.35. The minimum absolute atomic E-state index is 0.0500.